The fourth-order valence-electron chi connectivity index (χ4n) is 6.14. The van der Waals surface area contributed by atoms with E-state index in [0.717, 1.165) is 10.8 Å². The summed E-state index contributed by atoms with van der Waals surface area (Å²) in [7, 11) is 0. The number of carbonyl (C=O) groups excluding carboxylic acids is 2. The third-order valence-electron chi connectivity index (χ3n) is 7.50. The van der Waals surface area contributed by atoms with Crippen molar-refractivity contribution < 1.29 is 29.3 Å². The van der Waals surface area contributed by atoms with Gasteiger partial charge in [-0.2, -0.15) is 0 Å². The molecule has 0 unspecified atom stereocenters. The van der Waals surface area contributed by atoms with E-state index >= 15 is 0 Å². The molecular weight excluding hydrogens is 436 g/mol. The molecule has 8 heteroatoms. The molecule has 8 nitrogen and oxygen atoms in total. The van der Waals surface area contributed by atoms with Crippen molar-refractivity contribution in [1.29, 1.82) is 0 Å². The largest absolute Gasteiger partial charge is 0.481 e. The molecule has 5 atom stereocenters. The molecule has 5 rings (SSSR count). The smallest absolute Gasteiger partial charge is 0.310 e. The number of rotatable bonds is 8. The van der Waals surface area contributed by atoms with E-state index in [0.29, 0.717) is 18.5 Å². The summed E-state index contributed by atoms with van der Waals surface area (Å²) in [6, 6.07) is 12.6. The van der Waals surface area contributed by atoms with E-state index in [1.165, 1.54) is 4.90 Å². The summed E-state index contributed by atoms with van der Waals surface area (Å²) < 4.78 is 6.23. The van der Waals surface area contributed by atoms with Crippen LogP contribution in [0.5, 0.6) is 0 Å². The Labute approximate surface area is 197 Å². The predicted molar refractivity (Wildman–Crippen MR) is 125 cm³/mol. The number of hydrogen-bond donors (Lipinski definition) is 2. The molecule has 0 radical (unpaired) electrons. The fourth-order valence-corrected chi connectivity index (χ4v) is 6.14. The van der Waals surface area contributed by atoms with Crippen LogP contribution in [-0.2, 0) is 19.1 Å². The number of aliphatic carboxylic acids is 1. The van der Waals surface area contributed by atoms with Crippen LogP contribution in [0.4, 0.5) is 5.69 Å². The molecule has 3 aliphatic heterocycles. The standard InChI is InChI=1S/C26H28N2O6/c1-2-12-27(18-9-8-16-6-3-4-7-17(16)15-18)24(31)22-26-11-10-19(34-26)20(25(32)33)21(26)23(30)28(22)13-5-14-29/h2-4,6-9,15,19-22,29H,1,5,10-14H2,(H,32,33)/t19-,20+,21+,22-,26+/m0/s1. The summed E-state index contributed by atoms with van der Waals surface area (Å²) in [5.74, 6) is -3.64. The molecule has 2 amide bonds. The first kappa shape index (κ1) is 22.6. The third kappa shape index (κ3) is 3.24. The topological polar surface area (TPSA) is 107 Å². The van der Waals surface area contributed by atoms with Crippen LogP contribution >= 0.6 is 0 Å². The summed E-state index contributed by atoms with van der Waals surface area (Å²) in [5.41, 5.74) is -0.506. The van der Waals surface area contributed by atoms with Crippen molar-refractivity contribution in [2.75, 3.05) is 24.6 Å². The van der Waals surface area contributed by atoms with Gasteiger partial charge in [0.15, 0.2) is 0 Å². The quantitative estimate of drug-likeness (QED) is 0.580. The van der Waals surface area contributed by atoms with Gasteiger partial charge >= 0.3 is 5.97 Å². The van der Waals surface area contributed by atoms with Crippen molar-refractivity contribution in [3.8, 4) is 0 Å². The minimum Gasteiger partial charge on any atom is -0.481 e. The van der Waals surface area contributed by atoms with E-state index in [-0.39, 0.29) is 37.9 Å². The molecule has 3 saturated heterocycles. The zero-order chi connectivity index (χ0) is 24.0. The molecule has 0 aliphatic carbocycles. The fraction of sp³-hybridized carbons (Fsp3) is 0.423. The maximum Gasteiger partial charge on any atom is 0.310 e. The number of carbonyl (C=O) groups is 3. The highest BCUT2D eigenvalue weighted by atomic mass is 16.5. The molecule has 2 aromatic carbocycles. The van der Waals surface area contributed by atoms with Gasteiger partial charge in [0.25, 0.3) is 5.91 Å². The van der Waals surface area contributed by atoms with Gasteiger partial charge in [-0.1, -0.05) is 36.4 Å². The van der Waals surface area contributed by atoms with Crippen LogP contribution in [0, 0.1) is 11.8 Å². The minimum atomic E-state index is -1.17. The average molecular weight is 465 g/mol. The van der Waals surface area contributed by atoms with Crippen molar-refractivity contribution in [2.45, 2.75) is 37.0 Å². The normalized spacial score (nSPS) is 29.4. The molecule has 178 valence electrons. The van der Waals surface area contributed by atoms with Gasteiger partial charge in [0.2, 0.25) is 5.91 Å². The zero-order valence-electron chi connectivity index (χ0n) is 18.8. The first-order chi connectivity index (χ1) is 16.4. The number of hydrogen-bond acceptors (Lipinski definition) is 5. The van der Waals surface area contributed by atoms with Crippen LogP contribution in [0.25, 0.3) is 10.8 Å². The summed E-state index contributed by atoms with van der Waals surface area (Å²) >= 11 is 0. The molecule has 3 fully saturated rings. The Morgan fingerprint density at radius 3 is 2.71 bits per heavy atom. The molecule has 3 aliphatic rings. The highest BCUT2D eigenvalue weighted by molar-refractivity contribution is 6.05. The summed E-state index contributed by atoms with van der Waals surface area (Å²) in [4.78, 5) is 42.8. The molecule has 0 aromatic heterocycles. The number of aliphatic hydroxyl groups excluding tert-OH is 1. The van der Waals surface area contributed by atoms with E-state index in [1.807, 2.05) is 42.5 Å². The lowest BCUT2D eigenvalue weighted by molar-refractivity contribution is -0.149. The van der Waals surface area contributed by atoms with Crippen molar-refractivity contribution in [2.24, 2.45) is 11.8 Å². The first-order valence-electron chi connectivity index (χ1n) is 11.7. The second-order valence-corrected chi connectivity index (χ2v) is 9.27. The number of benzene rings is 2. The van der Waals surface area contributed by atoms with Crippen LogP contribution in [0.3, 0.4) is 0 Å². The van der Waals surface area contributed by atoms with E-state index in [2.05, 4.69) is 6.58 Å². The number of nitrogens with zero attached hydrogens (tertiary/aromatic N) is 2. The number of likely N-dealkylation sites (tertiary alicyclic amines) is 1. The monoisotopic (exact) mass is 464 g/mol. The molecule has 34 heavy (non-hydrogen) atoms. The highest BCUT2D eigenvalue weighted by Crippen LogP contribution is 2.58. The van der Waals surface area contributed by atoms with E-state index in [4.69, 9.17) is 4.74 Å². The van der Waals surface area contributed by atoms with Gasteiger partial charge in [0, 0.05) is 25.4 Å². The summed E-state index contributed by atoms with van der Waals surface area (Å²) in [6.07, 6.45) is 2.29. The molecule has 3 heterocycles. The Morgan fingerprint density at radius 2 is 2.00 bits per heavy atom. The van der Waals surface area contributed by atoms with Crippen LogP contribution in [-0.4, -0.2) is 70.3 Å². The van der Waals surface area contributed by atoms with Crippen molar-refractivity contribution in [1.82, 2.24) is 4.90 Å². The van der Waals surface area contributed by atoms with Gasteiger partial charge in [-0.3, -0.25) is 14.4 Å². The van der Waals surface area contributed by atoms with Crippen molar-refractivity contribution in [3.63, 3.8) is 0 Å². The van der Waals surface area contributed by atoms with Gasteiger partial charge < -0.3 is 24.7 Å². The lowest BCUT2D eigenvalue weighted by Gasteiger charge is -2.36. The lowest BCUT2D eigenvalue weighted by atomic mass is 9.70. The van der Waals surface area contributed by atoms with Crippen LogP contribution in [0.1, 0.15) is 19.3 Å². The van der Waals surface area contributed by atoms with E-state index in [1.54, 1.807) is 11.0 Å². The number of aliphatic hydroxyl groups is 1. The third-order valence-corrected chi connectivity index (χ3v) is 7.50. The first-order valence-corrected chi connectivity index (χ1v) is 11.7. The molecule has 1 spiro atoms. The molecule has 0 saturated carbocycles. The van der Waals surface area contributed by atoms with Gasteiger partial charge in [-0.15, -0.1) is 6.58 Å². The molecule has 2 aromatic rings. The second kappa shape index (κ2) is 8.52. The maximum absolute atomic E-state index is 14.2. The summed E-state index contributed by atoms with van der Waals surface area (Å²) in [5, 5.41) is 21.3. The van der Waals surface area contributed by atoms with Crippen LogP contribution in [0.15, 0.2) is 55.1 Å². The number of fused-ring (bicyclic) bond motifs is 2. The Morgan fingerprint density at radius 1 is 1.24 bits per heavy atom. The van der Waals surface area contributed by atoms with Crippen LogP contribution < -0.4 is 4.90 Å². The minimum absolute atomic E-state index is 0.144. The summed E-state index contributed by atoms with van der Waals surface area (Å²) in [6.45, 7) is 4.05. The Kier molecular flexibility index (Phi) is 5.65. The SMILES string of the molecule is C=CCN(C(=O)[C@@H]1N(CCCO)C(=O)[C@H]2[C@H](C(=O)O)[C@@H]3CC[C@]12O3)c1ccc2ccccc2c1. The Hall–Kier alpha value is -3.23. The second-order valence-electron chi connectivity index (χ2n) is 9.27. The van der Waals surface area contributed by atoms with Crippen molar-refractivity contribution >= 4 is 34.2 Å². The number of amides is 2. The molecule has 2 N–H and O–H groups in total. The Balaban J connectivity index is 1.57. The van der Waals surface area contributed by atoms with Gasteiger partial charge in [-0.05, 0) is 42.2 Å². The number of anilines is 1. The van der Waals surface area contributed by atoms with Crippen molar-refractivity contribution in [3.05, 3.63) is 55.1 Å². The van der Waals surface area contributed by atoms with E-state index < -0.39 is 35.6 Å². The van der Waals surface area contributed by atoms with Gasteiger partial charge in [-0.25, -0.2) is 0 Å². The van der Waals surface area contributed by atoms with Gasteiger partial charge in [0.05, 0.1) is 17.9 Å². The highest BCUT2D eigenvalue weighted by Gasteiger charge is 2.74. The number of carboxylic acids is 1. The predicted octanol–water partition coefficient (Wildman–Crippen LogP) is 2.20. The molecule has 2 bridgehead atoms. The van der Waals surface area contributed by atoms with Crippen LogP contribution in [0.2, 0.25) is 0 Å². The number of ether oxygens (including phenoxy) is 1. The number of carboxylic acid groups (broad SMARTS) is 1. The lowest BCUT2D eigenvalue weighted by Crippen LogP contribution is -2.56. The molecular formula is C26H28N2O6. The zero-order valence-corrected chi connectivity index (χ0v) is 18.8. The van der Waals surface area contributed by atoms with E-state index in [9.17, 15) is 24.6 Å². The van der Waals surface area contributed by atoms with Gasteiger partial charge in [0.1, 0.15) is 11.6 Å². The maximum atomic E-state index is 14.2. The average Bonchev–Trinajstić information content (AvgIpc) is 3.48. The Bertz CT molecular complexity index is 1160.